The maximum atomic E-state index is 11.9. The van der Waals surface area contributed by atoms with Gasteiger partial charge in [0.1, 0.15) is 12.1 Å². The van der Waals surface area contributed by atoms with Gasteiger partial charge in [-0.15, -0.1) is 0 Å². The average Bonchev–Trinajstić information content (AvgIpc) is 2.34. The van der Waals surface area contributed by atoms with Gasteiger partial charge in [0.2, 0.25) is 0 Å². The smallest absolute Gasteiger partial charge is 0.326 e. The standard InChI is InChI=1S/C13H23NO2/c1-3-13(4-2)11(15)16-10-12(14-13)8-6-5-7-9-12/h14H,3-10H2,1-2H3. The first kappa shape index (κ1) is 11.9. The van der Waals surface area contributed by atoms with Crippen molar-refractivity contribution in [2.45, 2.75) is 69.9 Å². The number of ether oxygens (including phenoxy) is 1. The lowest BCUT2D eigenvalue weighted by atomic mass is 9.77. The summed E-state index contributed by atoms with van der Waals surface area (Å²) in [4.78, 5) is 11.9. The lowest BCUT2D eigenvalue weighted by molar-refractivity contribution is -0.166. The molecule has 1 saturated heterocycles. The number of esters is 1. The van der Waals surface area contributed by atoms with Crippen LogP contribution in [0.5, 0.6) is 0 Å². The first-order valence-electron chi connectivity index (χ1n) is 6.63. The second-order valence-electron chi connectivity index (χ2n) is 5.33. The third kappa shape index (κ3) is 1.86. The first-order valence-corrected chi connectivity index (χ1v) is 6.63. The predicted octanol–water partition coefficient (Wildman–Crippen LogP) is 2.39. The number of morpholine rings is 1. The summed E-state index contributed by atoms with van der Waals surface area (Å²) in [5.74, 6) is -0.0475. The van der Waals surface area contributed by atoms with Crippen LogP contribution in [0.3, 0.4) is 0 Å². The number of carbonyl (C=O) groups excluding carboxylic acids is 1. The Morgan fingerprint density at radius 1 is 1.19 bits per heavy atom. The zero-order chi connectivity index (χ0) is 11.6. The largest absolute Gasteiger partial charge is 0.462 e. The van der Waals surface area contributed by atoms with Crippen molar-refractivity contribution in [1.29, 1.82) is 0 Å². The van der Waals surface area contributed by atoms with Crippen molar-refractivity contribution in [3.05, 3.63) is 0 Å². The van der Waals surface area contributed by atoms with E-state index in [-0.39, 0.29) is 11.5 Å². The number of hydrogen-bond acceptors (Lipinski definition) is 3. The Balaban J connectivity index is 2.17. The van der Waals surface area contributed by atoms with Gasteiger partial charge in [0.05, 0.1) is 5.54 Å². The van der Waals surface area contributed by atoms with Crippen molar-refractivity contribution >= 4 is 5.97 Å². The SMILES string of the molecule is CCC1(CC)NC2(CCCCC2)COC1=O. The third-order valence-corrected chi connectivity index (χ3v) is 4.39. The quantitative estimate of drug-likeness (QED) is 0.733. The molecule has 2 rings (SSSR count). The molecule has 3 heteroatoms. The van der Waals surface area contributed by atoms with E-state index in [1.54, 1.807) is 0 Å². The molecule has 1 N–H and O–H groups in total. The maximum Gasteiger partial charge on any atom is 0.326 e. The van der Waals surface area contributed by atoms with E-state index in [2.05, 4.69) is 19.2 Å². The van der Waals surface area contributed by atoms with Crippen molar-refractivity contribution in [3.8, 4) is 0 Å². The summed E-state index contributed by atoms with van der Waals surface area (Å²) in [6.07, 6.45) is 7.79. The van der Waals surface area contributed by atoms with Gasteiger partial charge in [-0.1, -0.05) is 33.1 Å². The van der Waals surface area contributed by atoms with Crippen LogP contribution in [0.1, 0.15) is 58.8 Å². The molecule has 16 heavy (non-hydrogen) atoms. The minimum absolute atomic E-state index is 0.0475. The molecule has 1 saturated carbocycles. The summed E-state index contributed by atoms with van der Waals surface area (Å²) in [7, 11) is 0. The molecule has 2 fully saturated rings. The van der Waals surface area contributed by atoms with Gasteiger partial charge in [0, 0.05) is 0 Å². The molecule has 0 amide bonds. The fourth-order valence-electron chi connectivity index (χ4n) is 3.15. The van der Waals surface area contributed by atoms with Crippen molar-refractivity contribution in [2.75, 3.05) is 6.61 Å². The Morgan fingerprint density at radius 2 is 1.81 bits per heavy atom. The molecule has 0 aromatic rings. The van der Waals surface area contributed by atoms with E-state index in [1.165, 1.54) is 19.3 Å². The second-order valence-corrected chi connectivity index (χ2v) is 5.33. The van der Waals surface area contributed by atoms with Crippen LogP contribution in [0.25, 0.3) is 0 Å². The van der Waals surface area contributed by atoms with E-state index in [4.69, 9.17) is 4.74 Å². The van der Waals surface area contributed by atoms with Gasteiger partial charge in [0.25, 0.3) is 0 Å². The lowest BCUT2D eigenvalue weighted by Gasteiger charge is -2.49. The van der Waals surface area contributed by atoms with E-state index in [1.807, 2.05) is 0 Å². The molecule has 1 aliphatic carbocycles. The highest BCUT2D eigenvalue weighted by atomic mass is 16.5. The monoisotopic (exact) mass is 225 g/mol. The molecular weight excluding hydrogens is 202 g/mol. The number of cyclic esters (lactones) is 1. The minimum atomic E-state index is -0.421. The molecule has 1 heterocycles. The first-order chi connectivity index (χ1) is 7.66. The minimum Gasteiger partial charge on any atom is -0.462 e. The summed E-state index contributed by atoms with van der Waals surface area (Å²) in [5, 5.41) is 3.66. The van der Waals surface area contributed by atoms with E-state index >= 15 is 0 Å². The molecule has 92 valence electrons. The summed E-state index contributed by atoms with van der Waals surface area (Å²) in [6.45, 7) is 4.72. The molecule has 0 aromatic carbocycles. The number of hydrogen-bond donors (Lipinski definition) is 1. The topological polar surface area (TPSA) is 38.3 Å². The van der Waals surface area contributed by atoms with Gasteiger partial charge in [-0.25, -0.2) is 0 Å². The Labute approximate surface area is 97.9 Å². The van der Waals surface area contributed by atoms with E-state index < -0.39 is 5.54 Å². The van der Waals surface area contributed by atoms with Crippen LogP contribution in [0, 0.1) is 0 Å². The van der Waals surface area contributed by atoms with Crippen LogP contribution in [-0.4, -0.2) is 23.7 Å². The molecule has 0 unspecified atom stereocenters. The van der Waals surface area contributed by atoms with Crippen LogP contribution in [0.15, 0.2) is 0 Å². The Morgan fingerprint density at radius 3 is 2.38 bits per heavy atom. The Hall–Kier alpha value is -0.570. The average molecular weight is 225 g/mol. The van der Waals surface area contributed by atoms with Gasteiger partial charge in [-0.05, 0) is 25.7 Å². The number of carbonyl (C=O) groups is 1. The molecule has 0 bridgehead atoms. The fraction of sp³-hybridized carbons (Fsp3) is 0.923. The van der Waals surface area contributed by atoms with E-state index in [0.29, 0.717) is 6.61 Å². The number of rotatable bonds is 2. The highest BCUT2D eigenvalue weighted by Crippen LogP contribution is 2.35. The van der Waals surface area contributed by atoms with E-state index in [0.717, 1.165) is 25.7 Å². The summed E-state index contributed by atoms with van der Waals surface area (Å²) in [6, 6.07) is 0. The maximum absolute atomic E-state index is 11.9. The molecule has 1 aliphatic heterocycles. The van der Waals surface area contributed by atoms with Gasteiger partial charge in [0.15, 0.2) is 0 Å². The molecule has 0 aromatic heterocycles. The Bertz CT molecular complexity index is 265. The van der Waals surface area contributed by atoms with Crippen molar-refractivity contribution in [3.63, 3.8) is 0 Å². The fourth-order valence-corrected chi connectivity index (χ4v) is 3.15. The molecule has 1 spiro atoms. The second kappa shape index (κ2) is 4.36. The molecule has 3 nitrogen and oxygen atoms in total. The van der Waals surface area contributed by atoms with Crippen LogP contribution in [0.4, 0.5) is 0 Å². The molecule has 0 radical (unpaired) electrons. The predicted molar refractivity (Wildman–Crippen MR) is 63.2 cm³/mol. The summed E-state index contributed by atoms with van der Waals surface area (Å²) >= 11 is 0. The number of nitrogens with one attached hydrogen (secondary N) is 1. The zero-order valence-corrected chi connectivity index (χ0v) is 10.5. The van der Waals surface area contributed by atoms with Crippen molar-refractivity contribution < 1.29 is 9.53 Å². The molecule has 2 aliphatic rings. The lowest BCUT2D eigenvalue weighted by Crippen LogP contribution is -2.68. The van der Waals surface area contributed by atoms with Crippen molar-refractivity contribution in [1.82, 2.24) is 5.32 Å². The zero-order valence-electron chi connectivity index (χ0n) is 10.5. The Kier molecular flexibility index (Phi) is 3.24. The molecule has 0 atom stereocenters. The van der Waals surface area contributed by atoms with E-state index in [9.17, 15) is 4.79 Å². The summed E-state index contributed by atoms with van der Waals surface area (Å²) < 4.78 is 5.47. The van der Waals surface area contributed by atoms with Gasteiger partial charge in [-0.3, -0.25) is 10.1 Å². The van der Waals surface area contributed by atoms with Gasteiger partial charge in [-0.2, -0.15) is 0 Å². The van der Waals surface area contributed by atoms with Crippen LogP contribution < -0.4 is 5.32 Å². The van der Waals surface area contributed by atoms with Crippen LogP contribution in [-0.2, 0) is 9.53 Å². The third-order valence-electron chi connectivity index (χ3n) is 4.39. The normalized spacial score (nSPS) is 27.8. The molecular formula is C13H23NO2. The van der Waals surface area contributed by atoms with Gasteiger partial charge >= 0.3 is 5.97 Å². The summed E-state index contributed by atoms with van der Waals surface area (Å²) in [5.41, 5.74) is -0.340. The van der Waals surface area contributed by atoms with Crippen LogP contribution in [0.2, 0.25) is 0 Å². The highest BCUT2D eigenvalue weighted by Gasteiger charge is 2.49. The highest BCUT2D eigenvalue weighted by molar-refractivity contribution is 5.81. The van der Waals surface area contributed by atoms with Gasteiger partial charge < -0.3 is 4.74 Å². The van der Waals surface area contributed by atoms with Crippen molar-refractivity contribution in [2.24, 2.45) is 0 Å². The van der Waals surface area contributed by atoms with Crippen LogP contribution >= 0.6 is 0 Å².